The fourth-order valence-corrected chi connectivity index (χ4v) is 2.60. The van der Waals surface area contributed by atoms with Crippen molar-refractivity contribution in [3.05, 3.63) is 22.4 Å². The van der Waals surface area contributed by atoms with E-state index in [0.717, 1.165) is 13.0 Å². The highest BCUT2D eigenvalue weighted by Crippen LogP contribution is 2.24. The van der Waals surface area contributed by atoms with Crippen molar-refractivity contribution < 1.29 is 4.79 Å². The van der Waals surface area contributed by atoms with Gasteiger partial charge in [0, 0.05) is 6.54 Å². The normalized spacial score (nSPS) is 21.1. The number of carbonyl (C=O) groups excluding carboxylic acids is 1. The van der Waals surface area contributed by atoms with Crippen molar-refractivity contribution in [1.82, 2.24) is 10.2 Å². The average Bonchev–Trinajstić information content (AvgIpc) is 2.83. The maximum atomic E-state index is 11.8. The molecule has 2 rings (SSSR count). The van der Waals surface area contributed by atoms with Gasteiger partial charge in [-0.2, -0.15) is 11.3 Å². The lowest BCUT2D eigenvalue weighted by Gasteiger charge is -2.24. The maximum Gasteiger partial charge on any atom is 0.238 e. The fraction of sp³-hybridized carbons (Fsp3) is 0.583. The van der Waals surface area contributed by atoms with Gasteiger partial charge in [0.2, 0.25) is 5.91 Å². The second-order valence-electron chi connectivity index (χ2n) is 4.61. The Labute approximate surface area is 100 Å². The van der Waals surface area contributed by atoms with E-state index in [1.54, 1.807) is 11.3 Å². The molecule has 1 aromatic rings. The highest BCUT2D eigenvalue weighted by molar-refractivity contribution is 7.07. The van der Waals surface area contributed by atoms with Crippen molar-refractivity contribution in [3.8, 4) is 0 Å². The molecule has 0 spiro atoms. The first-order chi connectivity index (χ1) is 7.68. The van der Waals surface area contributed by atoms with Crippen LogP contribution in [0.25, 0.3) is 0 Å². The molecular weight excluding hydrogens is 220 g/mol. The molecule has 1 saturated heterocycles. The van der Waals surface area contributed by atoms with E-state index in [9.17, 15) is 4.79 Å². The number of thiophene rings is 1. The summed E-state index contributed by atoms with van der Waals surface area (Å²) < 4.78 is 0. The third-order valence-corrected chi connectivity index (χ3v) is 3.59. The van der Waals surface area contributed by atoms with E-state index in [0.29, 0.717) is 12.5 Å². The molecule has 1 aliphatic heterocycles. The van der Waals surface area contributed by atoms with Crippen molar-refractivity contribution in [1.29, 1.82) is 0 Å². The number of carbonyl (C=O) groups is 1. The molecule has 1 unspecified atom stereocenters. The molecular formula is C12H18N2OS. The Morgan fingerprint density at radius 1 is 1.62 bits per heavy atom. The molecule has 4 heteroatoms. The zero-order chi connectivity index (χ0) is 11.5. The zero-order valence-corrected chi connectivity index (χ0v) is 10.6. The van der Waals surface area contributed by atoms with Crippen molar-refractivity contribution in [3.63, 3.8) is 0 Å². The first-order valence-corrected chi connectivity index (χ1v) is 6.67. The van der Waals surface area contributed by atoms with Crippen LogP contribution in [0.1, 0.15) is 32.0 Å². The Kier molecular flexibility index (Phi) is 3.61. The number of nitrogens with one attached hydrogen (secondary N) is 1. The van der Waals surface area contributed by atoms with Crippen LogP contribution in [0.3, 0.4) is 0 Å². The molecule has 1 aromatic heterocycles. The van der Waals surface area contributed by atoms with Gasteiger partial charge >= 0.3 is 0 Å². The molecule has 16 heavy (non-hydrogen) atoms. The number of hydrogen-bond donors (Lipinski definition) is 1. The molecule has 2 heterocycles. The van der Waals surface area contributed by atoms with Gasteiger partial charge in [0.1, 0.15) is 6.17 Å². The summed E-state index contributed by atoms with van der Waals surface area (Å²) in [7, 11) is 0. The van der Waals surface area contributed by atoms with Gasteiger partial charge in [0.05, 0.1) is 6.54 Å². The van der Waals surface area contributed by atoms with Crippen molar-refractivity contribution in [2.75, 3.05) is 13.1 Å². The predicted octanol–water partition coefficient (Wildman–Crippen LogP) is 2.22. The standard InChI is InChI=1S/C12H18N2OS/c1-9(2)3-5-14-11(15)7-13-12(14)10-4-6-16-8-10/h4,6,8-9,12-13H,3,5,7H2,1-2H3. The highest BCUT2D eigenvalue weighted by Gasteiger charge is 2.31. The third-order valence-electron chi connectivity index (χ3n) is 2.88. The second kappa shape index (κ2) is 4.97. The lowest BCUT2D eigenvalue weighted by molar-refractivity contribution is -0.128. The second-order valence-corrected chi connectivity index (χ2v) is 5.39. The SMILES string of the molecule is CC(C)CCN1C(=O)CNC1c1ccsc1. The van der Waals surface area contributed by atoms with Gasteiger partial charge in [-0.3, -0.25) is 10.1 Å². The minimum Gasteiger partial charge on any atom is -0.322 e. The third kappa shape index (κ3) is 2.44. The molecule has 1 atom stereocenters. The molecule has 1 aliphatic rings. The summed E-state index contributed by atoms with van der Waals surface area (Å²) in [5, 5.41) is 7.43. The Morgan fingerprint density at radius 3 is 3.06 bits per heavy atom. The maximum absolute atomic E-state index is 11.8. The Balaban J connectivity index is 2.04. The van der Waals surface area contributed by atoms with Crippen molar-refractivity contribution >= 4 is 17.2 Å². The van der Waals surface area contributed by atoms with Gasteiger partial charge in [-0.15, -0.1) is 0 Å². The smallest absolute Gasteiger partial charge is 0.238 e. The molecule has 0 aliphatic carbocycles. The Hall–Kier alpha value is -0.870. The summed E-state index contributed by atoms with van der Waals surface area (Å²) in [6.07, 6.45) is 1.16. The number of hydrogen-bond acceptors (Lipinski definition) is 3. The van der Waals surface area contributed by atoms with Gasteiger partial charge in [-0.05, 0) is 34.7 Å². The van der Waals surface area contributed by atoms with Gasteiger partial charge in [0.25, 0.3) is 0 Å². The Morgan fingerprint density at radius 2 is 2.44 bits per heavy atom. The molecule has 0 bridgehead atoms. The zero-order valence-electron chi connectivity index (χ0n) is 9.77. The molecule has 88 valence electrons. The summed E-state index contributed by atoms with van der Waals surface area (Å²) in [6.45, 7) is 5.70. The van der Waals surface area contributed by atoms with E-state index >= 15 is 0 Å². The summed E-state index contributed by atoms with van der Waals surface area (Å²) in [6, 6.07) is 2.09. The number of rotatable bonds is 4. The molecule has 1 fully saturated rings. The Bertz CT molecular complexity index is 348. The van der Waals surface area contributed by atoms with Crippen molar-refractivity contribution in [2.45, 2.75) is 26.4 Å². The summed E-state index contributed by atoms with van der Waals surface area (Å²) in [5.74, 6) is 0.855. The van der Waals surface area contributed by atoms with Gasteiger partial charge in [-0.25, -0.2) is 0 Å². The summed E-state index contributed by atoms with van der Waals surface area (Å²) in [5.41, 5.74) is 1.21. The van der Waals surface area contributed by atoms with Crippen LogP contribution in [0.5, 0.6) is 0 Å². The van der Waals surface area contributed by atoms with E-state index in [-0.39, 0.29) is 12.1 Å². The monoisotopic (exact) mass is 238 g/mol. The predicted molar refractivity (Wildman–Crippen MR) is 66.2 cm³/mol. The van der Waals surface area contributed by atoms with E-state index in [1.165, 1.54) is 5.56 Å². The van der Waals surface area contributed by atoms with Crippen LogP contribution in [0.4, 0.5) is 0 Å². The van der Waals surface area contributed by atoms with Gasteiger partial charge < -0.3 is 4.90 Å². The molecule has 1 amide bonds. The molecule has 0 saturated carbocycles. The minimum absolute atomic E-state index is 0.0949. The van der Waals surface area contributed by atoms with E-state index in [4.69, 9.17) is 0 Å². The van der Waals surface area contributed by atoms with E-state index < -0.39 is 0 Å². The van der Waals surface area contributed by atoms with Crippen LogP contribution >= 0.6 is 11.3 Å². The minimum atomic E-state index is 0.0949. The first kappa shape index (κ1) is 11.6. The van der Waals surface area contributed by atoms with Crippen LogP contribution in [-0.4, -0.2) is 23.9 Å². The molecule has 1 N–H and O–H groups in total. The molecule has 0 radical (unpaired) electrons. The lowest BCUT2D eigenvalue weighted by atomic mass is 10.1. The van der Waals surface area contributed by atoms with Gasteiger partial charge in [-0.1, -0.05) is 13.8 Å². The van der Waals surface area contributed by atoms with Gasteiger partial charge in [0.15, 0.2) is 0 Å². The average molecular weight is 238 g/mol. The number of amides is 1. The first-order valence-electron chi connectivity index (χ1n) is 5.73. The quantitative estimate of drug-likeness (QED) is 0.872. The van der Waals surface area contributed by atoms with Crippen LogP contribution < -0.4 is 5.32 Å². The topological polar surface area (TPSA) is 32.3 Å². The van der Waals surface area contributed by atoms with Crippen LogP contribution in [0.2, 0.25) is 0 Å². The van der Waals surface area contributed by atoms with Crippen LogP contribution in [-0.2, 0) is 4.79 Å². The van der Waals surface area contributed by atoms with E-state index in [1.807, 2.05) is 4.90 Å². The fourth-order valence-electron chi connectivity index (χ4n) is 1.92. The van der Waals surface area contributed by atoms with Crippen molar-refractivity contribution in [2.24, 2.45) is 5.92 Å². The van der Waals surface area contributed by atoms with Crippen LogP contribution in [0.15, 0.2) is 16.8 Å². The molecule has 0 aromatic carbocycles. The summed E-state index contributed by atoms with van der Waals surface area (Å²) in [4.78, 5) is 13.7. The lowest BCUT2D eigenvalue weighted by Crippen LogP contribution is -2.31. The summed E-state index contributed by atoms with van der Waals surface area (Å²) >= 11 is 1.68. The highest BCUT2D eigenvalue weighted by atomic mass is 32.1. The van der Waals surface area contributed by atoms with Crippen LogP contribution in [0, 0.1) is 5.92 Å². The molecule has 3 nitrogen and oxygen atoms in total. The largest absolute Gasteiger partial charge is 0.322 e. The van der Waals surface area contributed by atoms with E-state index in [2.05, 4.69) is 36.0 Å². The number of nitrogens with zero attached hydrogens (tertiary/aromatic N) is 1.